The van der Waals surface area contributed by atoms with Crippen molar-refractivity contribution in [3.63, 3.8) is 0 Å². The van der Waals surface area contributed by atoms with Crippen molar-refractivity contribution >= 4 is 11.9 Å². The van der Waals surface area contributed by atoms with Crippen molar-refractivity contribution in [2.45, 2.75) is 18.9 Å². The number of hydrogen-bond donors (Lipinski definition) is 3. The maximum atomic E-state index is 12.3. The first kappa shape index (κ1) is 19.9. The molecule has 1 heterocycles. The Morgan fingerprint density at radius 3 is 2.28 bits per heavy atom. The van der Waals surface area contributed by atoms with Gasteiger partial charge >= 0.3 is 5.97 Å². The van der Waals surface area contributed by atoms with Gasteiger partial charge in [0.1, 0.15) is 6.26 Å². The number of amides is 1. The second-order valence-corrected chi connectivity index (χ2v) is 6.53. The van der Waals surface area contributed by atoms with Gasteiger partial charge in [0, 0.05) is 12.1 Å². The van der Waals surface area contributed by atoms with Crippen LogP contribution in [0.3, 0.4) is 0 Å². The van der Waals surface area contributed by atoms with Crippen molar-refractivity contribution < 1.29 is 24.2 Å². The minimum Gasteiger partial charge on any atom is -0.502 e. The zero-order valence-corrected chi connectivity index (χ0v) is 15.4. The maximum absolute atomic E-state index is 12.3. The van der Waals surface area contributed by atoms with Crippen LogP contribution in [-0.2, 0) is 11.2 Å². The summed E-state index contributed by atoms with van der Waals surface area (Å²) in [5.74, 6) is -2.71. The molecule has 1 aromatic heterocycles. The molecule has 0 bridgehead atoms. The zero-order chi connectivity index (χ0) is 20.8. The molecule has 1 unspecified atom stereocenters. The average Bonchev–Trinajstić information content (AvgIpc) is 2.70. The first-order chi connectivity index (χ1) is 13.9. The third kappa shape index (κ3) is 5.32. The van der Waals surface area contributed by atoms with Crippen molar-refractivity contribution in [2.75, 3.05) is 0 Å². The Hall–Kier alpha value is -3.87. The number of carbonyl (C=O) groups is 2. The minimum absolute atomic E-state index is 0.287. The Bertz CT molecular complexity index is 1060. The molecule has 0 saturated carbocycles. The minimum atomic E-state index is -1.07. The Morgan fingerprint density at radius 2 is 1.66 bits per heavy atom. The van der Waals surface area contributed by atoms with Gasteiger partial charge in [0.15, 0.2) is 11.5 Å². The first-order valence-electron chi connectivity index (χ1n) is 8.91. The molecule has 7 nitrogen and oxygen atoms in total. The molecule has 2 aromatic carbocycles. The summed E-state index contributed by atoms with van der Waals surface area (Å²) in [7, 11) is 0. The van der Waals surface area contributed by atoms with E-state index in [9.17, 15) is 19.5 Å². The number of hydrogen-bond acceptors (Lipinski definition) is 5. The molecule has 3 N–H and O–H groups in total. The molecule has 0 spiro atoms. The van der Waals surface area contributed by atoms with Crippen LogP contribution in [0.1, 0.15) is 22.5 Å². The van der Waals surface area contributed by atoms with E-state index < -0.39 is 29.1 Å². The molecule has 0 aliphatic rings. The first-order valence-corrected chi connectivity index (χ1v) is 8.91. The highest BCUT2D eigenvalue weighted by atomic mass is 16.4. The molecule has 7 heteroatoms. The van der Waals surface area contributed by atoms with Crippen LogP contribution >= 0.6 is 0 Å². The summed E-state index contributed by atoms with van der Waals surface area (Å²) in [4.78, 5) is 35.0. The highest BCUT2D eigenvalue weighted by Crippen LogP contribution is 2.20. The van der Waals surface area contributed by atoms with Crippen molar-refractivity contribution in [3.05, 3.63) is 88.5 Å². The standard InChI is InChI=1S/C22H19NO6/c24-18-12-20(29-13-19(18)25)22(28)23-17(11-21(26)27)10-14-6-8-16(9-7-14)15-4-2-1-3-5-15/h1-9,12-13,17,25H,10-11H2,(H,23,28)(H,26,27). The van der Waals surface area contributed by atoms with Gasteiger partial charge in [-0.15, -0.1) is 0 Å². The SMILES string of the molecule is O=C(O)CC(Cc1ccc(-c2ccccc2)cc1)NC(=O)c1cc(=O)c(O)co1. The smallest absolute Gasteiger partial charge is 0.305 e. The van der Waals surface area contributed by atoms with Gasteiger partial charge in [0.05, 0.1) is 6.42 Å². The predicted octanol–water partition coefficient (Wildman–Crippen LogP) is 2.83. The predicted molar refractivity (Wildman–Crippen MR) is 106 cm³/mol. The Kier molecular flexibility index (Phi) is 6.09. The quantitative estimate of drug-likeness (QED) is 0.568. The highest BCUT2D eigenvalue weighted by Gasteiger charge is 2.20. The normalized spacial score (nSPS) is 11.6. The Labute approximate surface area is 166 Å². The largest absolute Gasteiger partial charge is 0.502 e. The number of rotatable bonds is 7. The van der Waals surface area contributed by atoms with E-state index in [0.717, 1.165) is 29.0 Å². The summed E-state index contributed by atoms with van der Waals surface area (Å²) >= 11 is 0. The van der Waals surface area contributed by atoms with Crippen LogP contribution in [0.5, 0.6) is 5.75 Å². The van der Waals surface area contributed by atoms with Gasteiger partial charge in [-0.2, -0.15) is 0 Å². The van der Waals surface area contributed by atoms with E-state index in [1.807, 2.05) is 54.6 Å². The molecule has 1 amide bonds. The summed E-state index contributed by atoms with van der Waals surface area (Å²) < 4.78 is 4.91. The number of aliphatic carboxylic acids is 1. The van der Waals surface area contributed by atoms with Crippen LogP contribution < -0.4 is 10.7 Å². The van der Waals surface area contributed by atoms with E-state index >= 15 is 0 Å². The van der Waals surface area contributed by atoms with Crippen molar-refractivity contribution in [1.82, 2.24) is 5.32 Å². The number of carbonyl (C=O) groups excluding carboxylic acids is 1. The third-order valence-corrected chi connectivity index (χ3v) is 4.34. The second-order valence-electron chi connectivity index (χ2n) is 6.53. The second kappa shape index (κ2) is 8.88. The highest BCUT2D eigenvalue weighted by molar-refractivity contribution is 5.91. The molecule has 0 fully saturated rings. The molecule has 1 atom stereocenters. The lowest BCUT2D eigenvalue weighted by atomic mass is 9.99. The molecular formula is C22H19NO6. The molecule has 29 heavy (non-hydrogen) atoms. The average molecular weight is 393 g/mol. The monoisotopic (exact) mass is 393 g/mol. The molecule has 0 saturated heterocycles. The van der Waals surface area contributed by atoms with E-state index in [1.165, 1.54) is 0 Å². The van der Waals surface area contributed by atoms with Crippen LogP contribution in [0.4, 0.5) is 0 Å². The molecule has 0 aliphatic carbocycles. The van der Waals surface area contributed by atoms with Crippen molar-refractivity contribution in [3.8, 4) is 16.9 Å². The summed E-state index contributed by atoms with van der Waals surface area (Å²) in [5.41, 5.74) is 2.19. The molecule has 0 radical (unpaired) electrons. The van der Waals surface area contributed by atoms with E-state index in [-0.39, 0.29) is 18.6 Å². The molecule has 3 aromatic rings. The van der Waals surface area contributed by atoms with Gasteiger partial charge in [0.2, 0.25) is 5.43 Å². The number of carboxylic acids is 1. The zero-order valence-electron chi connectivity index (χ0n) is 15.4. The lowest BCUT2D eigenvalue weighted by molar-refractivity contribution is -0.137. The topological polar surface area (TPSA) is 117 Å². The summed E-state index contributed by atoms with van der Waals surface area (Å²) in [6.45, 7) is 0. The van der Waals surface area contributed by atoms with Crippen LogP contribution in [-0.4, -0.2) is 28.1 Å². The number of aromatic hydroxyl groups is 1. The number of nitrogens with one attached hydrogen (secondary N) is 1. The lowest BCUT2D eigenvalue weighted by Crippen LogP contribution is -2.38. The number of benzene rings is 2. The molecule has 0 aliphatic heterocycles. The van der Waals surface area contributed by atoms with Crippen molar-refractivity contribution in [1.29, 1.82) is 0 Å². The fourth-order valence-electron chi connectivity index (χ4n) is 2.91. The summed E-state index contributed by atoms with van der Waals surface area (Å²) in [6, 6.07) is 17.6. The van der Waals surface area contributed by atoms with Crippen LogP contribution in [0.2, 0.25) is 0 Å². The van der Waals surface area contributed by atoms with E-state index in [2.05, 4.69) is 5.32 Å². The van der Waals surface area contributed by atoms with Gasteiger partial charge in [-0.3, -0.25) is 14.4 Å². The fraction of sp³-hybridized carbons (Fsp3) is 0.136. The van der Waals surface area contributed by atoms with Gasteiger partial charge < -0.3 is 19.9 Å². The molecular weight excluding hydrogens is 374 g/mol. The number of carboxylic acid groups (broad SMARTS) is 1. The summed E-state index contributed by atoms with van der Waals surface area (Å²) in [6.07, 6.45) is 0.760. The van der Waals surface area contributed by atoms with Gasteiger partial charge in [-0.25, -0.2) is 0 Å². The summed E-state index contributed by atoms with van der Waals surface area (Å²) in [5, 5.41) is 20.9. The van der Waals surface area contributed by atoms with Crippen LogP contribution in [0.15, 0.2) is 76.1 Å². The van der Waals surface area contributed by atoms with Gasteiger partial charge in [-0.1, -0.05) is 54.6 Å². The van der Waals surface area contributed by atoms with Crippen LogP contribution in [0, 0.1) is 0 Å². The molecule has 3 rings (SSSR count). The Morgan fingerprint density at radius 1 is 1.00 bits per heavy atom. The van der Waals surface area contributed by atoms with E-state index in [4.69, 9.17) is 9.52 Å². The maximum Gasteiger partial charge on any atom is 0.305 e. The lowest BCUT2D eigenvalue weighted by Gasteiger charge is -2.17. The van der Waals surface area contributed by atoms with Gasteiger partial charge in [0.25, 0.3) is 5.91 Å². The van der Waals surface area contributed by atoms with E-state index in [0.29, 0.717) is 0 Å². The fourth-order valence-corrected chi connectivity index (χ4v) is 2.91. The van der Waals surface area contributed by atoms with Crippen LogP contribution in [0.25, 0.3) is 11.1 Å². The molecule has 148 valence electrons. The Balaban J connectivity index is 1.73. The van der Waals surface area contributed by atoms with Crippen molar-refractivity contribution in [2.24, 2.45) is 0 Å². The van der Waals surface area contributed by atoms with E-state index in [1.54, 1.807) is 0 Å². The third-order valence-electron chi connectivity index (χ3n) is 4.34. The van der Waals surface area contributed by atoms with Gasteiger partial charge in [-0.05, 0) is 23.1 Å².